The highest BCUT2D eigenvalue weighted by Crippen LogP contribution is 2.21. The lowest BCUT2D eigenvalue weighted by atomic mass is 10.1. The molecule has 1 aromatic heterocycles. The Bertz CT molecular complexity index is 382. The van der Waals surface area contributed by atoms with Crippen molar-refractivity contribution in [3.8, 4) is 0 Å². The summed E-state index contributed by atoms with van der Waals surface area (Å²) < 4.78 is 0. The highest BCUT2D eigenvalue weighted by molar-refractivity contribution is 6.31. The molecule has 0 bridgehead atoms. The molecular weight excluding hydrogens is 258 g/mol. The molecule has 108 valence electrons. The third-order valence-corrected chi connectivity index (χ3v) is 3.76. The second-order valence-electron chi connectivity index (χ2n) is 4.97. The van der Waals surface area contributed by atoms with Crippen LogP contribution < -0.4 is 10.2 Å². The Morgan fingerprint density at radius 2 is 2.11 bits per heavy atom. The topological polar surface area (TPSA) is 28.2 Å². The first-order valence-electron chi connectivity index (χ1n) is 7.22. The maximum absolute atomic E-state index is 6.19. The lowest BCUT2D eigenvalue weighted by Gasteiger charge is -2.25. The summed E-state index contributed by atoms with van der Waals surface area (Å²) in [5, 5.41) is 4.05. The third kappa shape index (κ3) is 5.00. The summed E-state index contributed by atoms with van der Waals surface area (Å²) in [6, 6.07) is 2.11. The number of anilines is 1. The normalized spacial score (nSPS) is 12.5. The van der Waals surface area contributed by atoms with Crippen molar-refractivity contribution in [2.24, 2.45) is 5.92 Å². The van der Waals surface area contributed by atoms with Gasteiger partial charge >= 0.3 is 0 Å². The fourth-order valence-corrected chi connectivity index (χ4v) is 2.10. The molecular formula is C15H26ClN3. The Hall–Kier alpha value is -0.800. The van der Waals surface area contributed by atoms with Gasteiger partial charge in [-0.2, -0.15) is 0 Å². The van der Waals surface area contributed by atoms with E-state index < -0.39 is 0 Å². The molecule has 0 aromatic carbocycles. The predicted octanol–water partition coefficient (Wildman–Crippen LogP) is 3.72. The van der Waals surface area contributed by atoms with Crippen LogP contribution in [-0.2, 0) is 6.54 Å². The molecule has 0 amide bonds. The van der Waals surface area contributed by atoms with Crippen molar-refractivity contribution < 1.29 is 0 Å². The van der Waals surface area contributed by atoms with Crippen LogP contribution in [0.2, 0.25) is 5.02 Å². The van der Waals surface area contributed by atoms with E-state index in [1.165, 1.54) is 6.42 Å². The Morgan fingerprint density at radius 1 is 1.37 bits per heavy atom. The quantitative estimate of drug-likeness (QED) is 0.788. The SMILES string of the molecule is CCNCc1cc(N(CC)CC(C)CC)ncc1Cl. The van der Waals surface area contributed by atoms with Crippen LogP contribution in [0.5, 0.6) is 0 Å². The zero-order valence-corrected chi connectivity index (χ0v) is 13.3. The Kier molecular flexibility index (Phi) is 7.17. The number of hydrogen-bond acceptors (Lipinski definition) is 3. The van der Waals surface area contributed by atoms with E-state index in [1.54, 1.807) is 6.20 Å². The van der Waals surface area contributed by atoms with E-state index in [9.17, 15) is 0 Å². The molecule has 0 spiro atoms. The van der Waals surface area contributed by atoms with Crippen LogP contribution in [0.1, 0.15) is 39.7 Å². The van der Waals surface area contributed by atoms with Crippen molar-refractivity contribution in [1.82, 2.24) is 10.3 Å². The monoisotopic (exact) mass is 283 g/mol. The minimum Gasteiger partial charge on any atom is -0.357 e. The molecule has 1 unspecified atom stereocenters. The summed E-state index contributed by atoms with van der Waals surface area (Å²) in [7, 11) is 0. The molecule has 4 heteroatoms. The van der Waals surface area contributed by atoms with Crippen molar-refractivity contribution in [1.29, 1.82) is 0 Å². The van der Waals surface area contributed by atoms with Crippen LogP contribution in [0, 0.1) is 5.92 Å². The predicted molar refractivity (Wildman–Crippen MR) is 84.0 cm³/mol. The van der Waals surface area contributed by atoms with Crippen LogP contribution in [-0.4, -0.2) is 24.6 Å². The molecule has 0 aliphatic rings. The molecule has 0 fully saturated rings. The Labute approximate surface area is 122 Å². The number of nitrogens with zero attached hydrogens (tertiary/aromatic N) is 2. The van der Waals surface area contributed by atoms with Crippen LogP contribution in [0.25, 0.3) is 0 Å². The van der Waals surface area contributed by atoms with Gasteiger partial charge in [0.25, 0.3) is 0 Å². The van der Waals surface area contributed by atoms with Crippen LogP contribution in [0.4, 0.5) is 5.82 Å². The number of halogens is 1. The molecule has 1 rings (SSSR count). The fourth-order valence-electron chi connectivity index (χ4n) is 1.93. The molecule has 3 nitrogen and oxygen atoms in total. The largest absolute Gasteiger partial charge is 0.357 e. The molecule has 1 heterocycles. The van der Waals surface area contributed by atoms with Crippen LogP contribution in [0.3, 0.4) is 0 Å². The summed E-state index contributed by atoms with van der Waals surface area (Å²) in [6.07, 6.45) is 2.96. The van der Waals surface area contributed by atoms with Gasteiger partial charge in [-0.3, -0.25) is 0 Å². The molecule has 19 heavy (non-hydrogen) atoms. The van der Waals surface area contributed by atoms with Gasteiger partial charge in [-0.1, -0.05) is 38.8 Å². The molecule has 0 saturated heterocycles. The smallest absolute Gasteiger partial charge is 0.128 e. The molecule has 1 N–H and O–H groups in total. The maximum Gasteiger partial charge on any atom is 0.128 e. The van der Waals surface area contributed by atoms with E-state index in [1.807, 2.05) is 0 Å². The van der Waals surface area contributed by atoms with Gasteiger partial charge in [0.2, 0.25) is 0 Å². The minimum atomic E-state index is 0.676. The van der Waals surface area contributed by atoms with E-state index in [-0.39, 0.29) is 0 Å². The van der Waals surface area contributed by atoms with Crippen molar-refractivity contribution in [3.05, 3.63) is 22.8 Å². The molecule has 1 atom stereocenters. The number of pyridine rings is 1. The van der Waals surface area contributed by atoms with E-state index in [0.29, 0.717) is 5.92 Å². The van der Waals surface area contributed by atoms with E-state index in [2.05, 4.69) is 49.0 Å². The number of aromatic nitrogens is 1. The van der Waals surface area contributed by atoms with Gasteiger partial charge in [-0.25, -0.2) is 4.98 Å². The summed E-state index contributed by atoms with van der Waals surface area (Å²) >= 11 is 6.19. The van der Waals surface area contributed by atoms with E-state index in [0.717, 1.165) is 42.6 Å². The lowest BCUT2D eigenvalue weighted by molar-refractivity contribution is 0.545. The Balaban J connectivity index is 2.85. The van der Waals surface area contributed by atoms with Gasteiger partial charge in [0.15, 0.2) is 0 Å². The maximum atomic E-state index is 6.19. The number of nitrogens with one attached hydrogen (secondary N) is 1. The second kappa shape index (κ2) is 8.39. The number of rotatable bonds is 8. The fraction of sp³-hybridized carbons (Fsp3) is 0.667. The average molecular weight is 284 g/mol. The van der Waals surface area contributed by atoms with Gasteiger partial charge in [-0.05, 0) is 31.0 Å². The minimum absolute atomic E-state index is 0.676. The van der Waals surface area contributed by atoms with Crippen LogP contribution in [0.15, 0.2) is 12.3 Å². The zero-order chi connectivity index (χ0) is 14.3. The molecule has 0 saturated carbocycles. The highest BCUT2D eigenvalue weighted by atomic mass is 35.5. The van der Waals surface area contributed by atoms with Gasteiger partial charge < -0.3 is 10.2 Å². The first-order valence-corrected chi connectivity index (χ1v) is 7.60. The zero-order valence-electron chi connectivity index (χ0n) is 12.5. The standard InChI is InChI=1S/C15H26ClN3/c1-5-12(4)11-19(7-3)15-8-13(9-17-6-2)14(16)10-18-15/h8,10,12,17H,5-7,9,11H2,1-4H3. The van der Waals surface area contributed by atoms with Gasteiger partial charge in [0, 0.05) is 25.8 Å². The summed E-state index contributed by atoms with van der Waals surface area (Å²) in [5.41, 5.74) is 1.12. The first kappa shape index (κ1) is 16.3. The summed E-state index contributed by atoms with van der Waals surface area (Å²) in [4.78, 5) is 6.79. The number of hydrogen-bond donors (Lipinski definition) is 1. The van der Waals surface area contributed by atoms with Gasteiger partial charge in [0.1, 0.15) is 5.82 Å². The first-order chi connectivity index (χ1) is 9.12. The lowest BCUT2D eigenvalue weighted by Crippen LogP contribution is -2.29. The molecule has 0 aliphatic carbocycles. The van der Waals surface area contributed by atoms with E-state index >= 15 is 0 Å². The van der Waals surface area contributed by atoms with Crippen molar-refractivity contribution in [3.63, 3.8) is 0 Å². The van der Waals surface area contributed by atoms with Gasteiger partial charge in [-0.15, -0.1) is 0 Å². The average Bonchev–Trinajstić information content (AvgIpc) is 2.43. The highest BCUT2D eigenvalue weighted by Gasteiger charge is 2.11. The Morgan fingerprint density at radius 3 is 2.68 bits per heavy atom. The molecule has 0 aliphatic heterocycles. The molecule has 0 radical (unpaired) electrons. The van der Waals surface area contributed by atoms with Gasteiger partial charge in [0.05, 0.1) is 5.02 Å². The summed E-state index contributed by atoms with van der Waals surface area (Å²) in [6.45, 7) is 12.5. The third-order valence-electron chi connectivity index (χ3n) is 3.42. The van der Waals surface area contributed by atoms with Crippen molar-refractivity contribution >= 4 is 17.4 Å². The van der Waals surface area contributed by atoms with Crippen molar-refractivity contribution in [2.45, 2.75) is 40.7 Å². The van der Waals surface area contributed by atoms with Crippen LogP contribution >= 0.6 is 11.6 Å². The van der Waals surface area contributed by atoms with Crippen molar-refractivity contribution in [2.75, 3.05) is 24.5 Å². The molecule has 1 aromatic rings. The van der Waals surface area contributed by atoms with E-state index in [4.69, 9.17) is 11.6 Å². The second-order valence-corrected chi connectivity index (χ2v) is 5.37. The summed E-state index contributed by atoms with van der Waals surface area (Å²) in [5.74, 6) is 1.70.